The highest BCUT2D eigenvalue weighted by atomic mass is 32.2. The van der Waals surface area contributed by atoms with Crippen molar-refractivity contribution in [2.75, 3.05) is 11.6 Å². The van der Waals surface area contributed by atoms with E-state index in [2.05, 4.69) is 36.6 Å². The molecule has 1 fully saturated rings. The number of thioether (sulfide) groups is 1. The molecular formula is C15H22N2OS. The second-order valence-corrected chi connectivity index (χ2v) is 6.40. The fourth-order valence-electron chi connectivity index (χ4n) is 2.27. The number of carbonyl (C=O) groups excluding carboxylic acids is 1. The predicted molar refractivity (Wildman–Crippen MR) is 81.0 cm³/mol. The smallest absolute Gasteiger partial charge is 0.238 e. The molecule has 0 aliphatic carbocycles. The van der Waals surface area contributed by atoms with Gasteiger partial charge in [-0.05, 0) is 17.9 Å². The summed E-state index contributed by atoms with van der Waals surface area (Å²) in [5.74, 6) is 2.42. The van der Waals surface area contributed by atoms with Crippen molar-refractivity contribution in [3.63, 3.8) is 0 Å². The monoisotopic (exact) mass is 278 g/mol. The summed E-state index contributed by atoms with van der Waals surface area (Å²) in [4.78, 5) is 12.2. The molecule has 104 valence electrons. The molecule has 1 aromatic carbocycles. The van der Waals surface area contributed by atoms with Crippen molar-refractivity contribution in [1.29, 1.82) is 0 Å². The van der Waals surface area contributed by atoms with Gasteiger partial charge in [-0.15, -0.1) is 11.8 Å². The Kier molecular flexibility index (Phi) is 5.28. The van der Waals surface area contributed by atoms with E-state index in [-0.39, 0.29) is 18.0 Å². The molecule has 2 rings (SSSR count). The van der Waals surface area contributed by atoms with E-state index in [1.54, 1.807) is 11.8 Å². The zero-order valence-corrected chi connectivity index (χ0v) is 12.4. The van der Waals surface area contributed by atoms with Gasteiger partial charge in [-0.3, -0.25) is 10.1 Å². The molecule has 2 unspecified atom stereocenters. The van der Waals surface area contributed by atoms with E-state index in [0.29, 0.717) is 5.92 Å². The fourth-order valence-corrected chi connectivity index (χ4v) is 3.21. The number of amides is 1. The molecule has 0 spiro atoms. The van der Waals surface area contributed by atoms with Crippen LogP contribution in [-0.4, -0.2) is 23.6 Å². The van der Waals surface area contributed by atoms with Crippen molar-refractivity contribution >= 4 is 17.7 Å². The van der Waals surface area contributed by atoms with Crippen LogP contribution in [0, 0.1) is 5.92 Å². The van der Waals surface area contributed by atoms with Crippen LogP contribution < -0.4 is 10.6 Å². The number of carbonyl (C=O) groups is 1. The Balaban J connectivity index is 2.03. The van der Waals surface area contributed by atoms with Gasteiger partial charge in [-0.2, -0.15) is 0 Å². The minimum Gasteiger partial charge on any atom is -0.348 e. The van der Waals surface area contributed by atoms with E-state index in [1.807, 2.05) is 18.2 Å². The molecule has 1 aliphatic heterocycles. The highest BCUT2D eigenvalue weighted by Crippen LogP contribution is 2.21. The quantitative estimate of drug-likeness (QED) is 0.869. The summed E-state index contributed by atoms with van der Waals surface area (Å²) in [5, 5.41) is 6.41. The maximum Gasteiger partial charge on any atom is 0.238 e. The van der Waals surface area contributed by atoms with Gasteiger partial charge in [0.2, 0.25) is 5.91 Å². The second kappa shape index (κ2) is 6.96. The average molecular weight is 278 g/mol. The van der Waals surface area contributed by atoms with Crippen LogP contribution in [0.15, 0.2) is 30.3 Å². The van der Waals surface area contributed by atoms with Crippen LogP contribution in [0.1, 0.15) is 31.9 Å². The molecule has 0 saturated carbocycles. The lowest BCUT2D eigenvalue weighted by Gasteiger charge is -2.23. The summed E-state index contributed by atoms with van der Waals surface area (Å²) in [6, 6.07) is 10.3. The summed E-state index contributed by atoms with van der Waals surface area (Å²) < 4.78 is 0. The molecule has 4 heteroatoms. The summed E-state index contributed by atoms with van der Waals surface area (Å²) in [7, 11) is 0. The van der Waals surface area contributed by atoms with Gasteiger partial charge in [-0.25, -0.2) is 0 Å². The molecule has 0 radical (unpaired) electrons. The first-order valence-corrected chi connectivity index (χ1v) is 7.98. The third-order valence-corrected chi connectivity index (χ3v) is 4.20. The van der Waals surface area contributed by atoms with Crippen molar-refractivity contribution in [3.8, 4) is 0 Å². The van der Waals surface area contributed by atoms with Crippen LogP contribution in [0.5, 0.6) is 0 Å². The van der Waals surface area contributed by atoms with Gasteiger partial charge in [0.15, 0.2) is 0 Å². The Morgan fingerprint density at radius 2 is 2.16 bits per heavy atom. The van der Waals surface area contributed by atoms with Crippen molar-refractivity contribution in [2.24, 2.45) is 5.92 Å². The van der Waals surface area contributed by atoms with Crippen LogP contribution >= 0.6 is 11.8 Å². The number of nitrogens with one attached hydrogen (secondary N) is 2. The Morgan fingerprint density at radius 1 is 1.42 bits per heavy atom. The number of hydrogen-bond acceptors (Lipinski definition) is 3. The fraction of sp³-hybridized carbons (Fsp3) is 0.533. The SMILES string of the molecule is CC(C)CC(NC(=O)C1CSCN1)c1ccccc1. The van der Waals surface area contributed by atoms with Crippen LogP contribution in [-0.2, 0) is 4.79 Å². The molecule has 1 aliphatic rings. The normalized spacial score (nSPS) is 20.5. The summed E-state index contributed by atoms with van der Waals surface area (Å²) in [6.07, 6.45) is 0.968. The third-order valence-electron chi connectivity index (χ3n) is 3.26. The third kappa shape index (κ3) is 4.25. The molecule has 0 aromatic heterocycles. The standard InChI is InChI=1S/C15H22N2OS/c1-11(2)8-13(12-6-4-3-5-7-12)17-15(18)14-9-19-10-16-14/h3-7,11,13-14,16H,8-10H2,1-2H3,(H,17,18). The lowest BCUT2D eigenvalue weighted by Crippen LogP contribution is -2.43. The van der Waals surface area contributed by atoms with Gasteiger partial charge in [0, 0.05) is 11.6 Å². The lowest BCUT2D eigenvalue weighted by molar-refractivity contribution is -0.123. The van der Waals surface area contributed by atoms with E-state index in [4.69, 9.17) is 0 Å². The molecule has 3 nitrogen and oxygen atoms in total. The van der Waals surface area contributed by atoms with E-state index in [1.165, 1.54) is 5.56 Å². The predicted octanol–water partition coefficient (Wildman–Crippen LogP) is 2.55. The zero-order valence-electron chi connectivity index (χ0n) is 11.6. The van der Waals surface area contributed by atoms with Crippen molar-refractivity contribution in [1.82, 2.24) is 10.6 Å². The lowest BCUT2D eigenvalue weighted by atomic mass is 9.97. The molecular weight excluding hydrogens is 256 g/mol. The van der Waals surface area contributed by atoms with Gasteiger partial charge < -0.3 is 5.32 Å². The van der Waals surface area contributed by atoms with Gasteiger partial charge >= 0.3 is 0 Å². The Labute approximate surface area is 119 Å². The average Bonchev–Trinajstić information content (AvgIpc) is 2.92. The number of benzene rings is 1. The molecule has 1 amide bonds. The molecule has 0 bridgehead atoms. The molecule has 1 saturated heterocycles. The first-order chi connectivity index (χ1) is 9.16. The van der Waals surface area contributed by atoms with Crippen molar-refractivity contribution in [2.45, 2.75) is 32.4 Å². The highest BCUT2D eigenvalue weighted by molar-refractivity contribution is 7.99. The van der Waals surface area contributed by atoms with Crippen LogP contribution in [0.4, 0.5) is 0 Å². The Bertz CT molecular complexity index is 402. The minimum atomic E-state index is -0.0385. The van der Waals surface area contributed by atoms with Gasteiger partial charge in [-0.1, -0.05) is 44.2 Å². The first-order valence-electron chi connectivity index (χ1n) is 6.83. The maximum atomic E-state index is 12.2. The summed E-state index contributed by atoms with van der Waals surface area (Å²) >= 11 is 1.78. The van der Waals surface area contributed by atoms with Gasteiger partial charge in [0.05, 0.1) is 12.1 Å². The van der Waals surface area contributed by atoms with E-state index in [9.17, 15) is 4.79 Å². The largest absolute Gasteiger partial charge is 0.348 e. The maximum absolute atomic E-state index is 12.2. The zero-order chi connectivity index (χ0) is 13.7. The van der Waals surface area contributed by atoms with Crippen molar-refractivity contribution in [3.05, 3.63) is 35.9 Å². The molecule has 2 atom stereocenters. The van der Waals surface area contributed by atoms with Gasteiger partial charge in [0.1, 0.15) is 0 Å². The van der Waals surface area contributed by atoms with E-state index < -0.39 is 0 Å². The number of rotatable bonds is 5. The minimum absolute atomic E-state index is 0.0385. The summed E-state index contributed by atoms with van der Waals surface area (Å²) in [5.41, 5.74) is 1.19. The molecule has 2 N–H and O–H groups in total. The van der Waals surface area contributed by atoms with E-state index in [0.717, 1.165) is 18.1 Å². The number of hydrogen-bond donors (Lipinski definition) is 2. The molecule has 19 heavy (non-hydrogen) atoms. The molecule has 1 heterocycles. The van der Waals surface area contributed by atoms with Crippen molar-refractivity contribution < 1.29 is 4.79 Å². The van der Waals surface area contributed by atoms with E-state index >= 15 is 0 Å². The summed E-state index contributed by atoms with van der Waals surface area (Å²) in [6.45, 7) is 4.37. The van der Waals surface area contributed by atoms with Crippen LogP contribution in [0.3, 0.4) is 0 Å². The Morgan fingerprint density at radius 3 is 2.74 bits per heavy atom. The van der Waals surface area contributed by atoms with Crippen LogP contribution in [0.25, 0.3) is 0 Å². The Hall–Kier alpha value is -1.00. The topological polar surface area (TPSA) is 41.1 Å². The first kappa shape index (κ1) is 14.4. The molecule has 1 aromatic rings. The van der Waals surface area contributed by atoms with Gasteiger partial charge in [0.25, 0.3) is 0 Å². The highest BCUT2D eigenvalue weighted by Gasteiger charge is 2.25. The second-order valence-electron chi connectivity index (χ2n) is 5.37. The van der Waals surface area contributed by atoms with Crippen LogP contribution in [0.2, 0.25) is 0 Å².